The molecule has 0 aromatic heterocycles. The fourth-order valence-corrected chi connectivity index (χ4v) is 3.90. The molecular weight excluding hydrogens is 456 g/mol. The van der Waals surface area contributed by atoms with E-state index in [0.717, 1.165) is 21.6 Å². The Kier molecular flexibility index (Phi) is 9.41. The zero-order valence-corrected chi connectivity index (χ0v) is 23.6. The maximum absolute atomic E-state index is 12.9. The second kappa shape index (κ2) is 11.5. The lowest BCUT2D eigenvalue weighted by molar-refractivity contribution is -0.171. The van der Waals surface area contributed by atoms with Crippen molar-refractivity contribution in [1.29, 1.82) is 0 Å². The molecule has 4 nitrogen and oxygen atoms in total. The molecule has 0 spiro atoms. The molecule has 0 bridgehead atoms. The molecule has 0 N–H and O–H groups in total. The molecule has 2 rings (SSSR count). The molecule has 0 aliphatic carbocycles. The first-order chi connectivity index (χ1) is 16.1. The van der Waals surface area contributed by atoms with Gasteiger partial charge >= 0.3 is 5.97 Å². The van der Waals surface area contributed by atoms with Gasteiger partial charge in [-0.05, 0) is 112 Å². The number of ketones is 1. The molecule has 2 aromatic rings. The van der Waals surface area contributed by atoms with Crippen molar-refractivity contribution in [3.05, 3.63) is 64.7 Å². The number of esters is 1. The maximum atomic E-state index is 12.9. The van der Waals surface area contributed by atoms with Crippen LogP contribution in [0.2, 0.25) is 0 Å². The van der Waals surface area contributed by atoms with Crippen LogP contribution in [0.5, 0.6) is 5.75 Å². The van der Waals surface area contributed by atoms with Crippen LogP contribution in [0.4, 0.5) is 0 Å². The summed E-state index contributed by atoms with van der Waals surface area (Å²) in [5.41, 5.74) is 1.81. The average molecular weight is 497 g/mol. The number of hydrogen-bond acceptors (Lipinski definition) is 5. The van der Waals surface area contributed by atoms with Crippen molar-refractivity contribution in [3.8, 4) is 5.75 Å². The van der Waals surface area contributed by atoms with Gasteiger partial charge in [0.25, 0.3) is 0 Å². The molecule has 0 saturated heterocycles. The van der Waals surface area contributed by atoms with Gasteiger partial charge in [0.2, 0.25) is 0 Å². The predicted molar refractivity (Wildman–Crippen MR) is 147 cm³/mol. The second-order valence-corrected chi connectivity index (χ2v) is 11.8. The summed E-state index contributed by atoms with van der Waals surface area (Å²) < 4.78 is 12.0. The van der Waals surface area contributed by atoms with Crippen molar-refractivity contribution >= 4 is 29.6 Å². The molecule has 0 fully saturated rings. The number of benzene rings is 2. The Balaban J connectivity index is 2.44. The van der Waals surface area contributed by atoms with E-state index in [4.69, 9.17) is 9.47 Å². The first kappa shape index (κ1) is 28.7. The number of ether oxygens (including phenoxy) is 2. The Morgan fingerprint density at radius 2 is 1.40 bits per heavy atom. The van der Waals surface area contributed by atoms with Gasteiger partial charge in [-0.3, -0.25) is 4.79 Å². The quantitative estimate of drug-likeness (QED) is 0.152. The summed E-state index contributed by atoms with van der Waals surface area (Å²) in [5, 5.41) is 0. The summed E-state index contributed by atoms with van der Waals surface area (Å²) in [6.07, 6.45) is 5.48. The molecule has 2 aromatic carbocycles. The summed E-state index contributed by atoms with van der Waals surface area (Å²) >= 11 is 1.65. The highest BCUT2D eigenvalue weighted by molar-refractivity contribution is 7.98. The van der Waals surface area contributed by atoms with Crippen LogP contribution >= 0.6 is 11.8 Å². The lowest BCUT2D eigenvalue weighted by atomic mass is 9.90. The Hall–Kier alpha value is -2.53. The lowest BCUT2D eigenvalue weighted by Gasteiger charge is -2.32. The van der Waals surface area contributed by atoms with Crippen molar-refractivity contribution < 1.29 is 19.1 Å². The van der Waals surface area contributed by atoms with Gasteiger partial charge in [0, 0.05) is 10.5 Å². The Morgan fingerprint density at radius 1 is 0.886 bits per heavy atom. The largest absolute Gasteiger partial charge is 0.476 e. The van der Waals surface area contributed by atoms with Crippen molar-refractivity contribution in [2.24, 2.45) is 0 Å². The maximum Gasteiger partial charge on any atom is 0.350 e. The van der Waals surface area contributed by atoms with Gasteiger partial charge in [-0.1, -0.05) is 33.8 Å². The molecule has 0 heterocycles. The molecular formula is C30H40O4S. The third kappa shape index (κ3) is 7.99. The van der Waals surface area contributed by atoms with Gasteiger partial charge in [-0.2, -0.15) is 0 Å². The monoisotopic (exact) mass is 496 g/mol. The normalized spacial score (nSPS) is 12.5. The Morgan fingerprint density at radius 3 is 1.83 bits per heavy atom. The molecule has 5 heteroatoms. The van der Waals surface area contributed by atoms with E-state index in [1.165, 1.54) is 0 Å². The molecule has 0 unspecified atom stereocenters. The second-order valence-electron chi connectivity index (χ2n) is 10.9. The molecule has 35 heavy (non-hydrogen) atoms. The number of carbonyl (C=O) groups excluding carboxylic acids is 2. The summed E-state index contributed by atoms with van der Waals surface area (Å²) in [4.78, 5) is 26.7. The van der Waals surface area contributed by atoms with Crippen LogP contribution in [0, 0.1) is 0 Å². The fraction of sp³-hybridized carbons (Fsp3) is 0.467. The minimum absolute atomic E-state index is 0.0405. The Labute approximate surface area is 215 Å². The molecule has 0 atom stereocenters. The first-order valence-electron chi connectivity index (χ1n) is 12.1. The van der Waals surface area contributed by atoms with Crippen LogP contribution in [0.15, 0.2) is 47.4 Å². The minimum Gasteiger partial charge on any atom is -0.476 e. The van der Waals surface area contributed by atoms with Gasteiger partial charge in [0.15, 0.2) is 11.4 Å². The van der Waals surface area contributed by atoms with Crippen LogP contribution in [0.3, 0.4) is 0 Å². The highest BCUT2D eigenvalue weighted by Gasteiger charge is 2.36. The van der Waals surface area contributed by atoms with Gasteiger partial charge in [-0.15, -0.1) is 11.8 Å². The van der Waals surface area contributed by atoms with E-state index in [2.05, 4.69) is 27.7 Å². The highest BCUT2D eigenvalue weighted by Crippen LogP contribution is 2.38. The van der Waals surface area contributed by atoms with E-state index in [0.29, 0.717) is 11.3 Å². The van der Waals surface area contributed by atoms with Crippen molar-refractivity contribution in [3.63, 3.8) is 0 Å². The fourth-order valence-electron chi connectivity index (χ4n) is 3.49. The summed E-state index contributed by atoms with van der Waals surface area (Å²) in [5.74, 6) is 0.569. The molecule has 0 saturated carbocycles. The summed E-state index contributed by atoms with van der Waals surface area (Å²) in [6, 6.07) is 11.7. The number of carbonyl (C=O) groups is 2. The number of hydrogen-bond donors (Lipinski definition) is 0. The lowest BCUT2D eigenvalue weighted by Crippen LogP contribution is -2.43. The summed E-state index contributed by atoms with van der Waals surface area (Å²) in [6.45, 7) is 17.4. The topological polar surface area (TPSA) is 52.6 Å². The van der Waals surface area contributed by atoms with Crippen LogP contribution in [-0.2, 0) is 9.53 Å². The van der Waals surface area contributed by atoms with E-state index in [1.54, 1.807) is 31.7 Å². The third-order valence-corrected chi connectivity index (χ3v) is 6.21. The number of thioether (sulfide) groups is 1. The van der Waals surface area contributed by atoms with Gasteiger partial charge in [0.05, 0.1) is 0 Å². The van der Waals surface area contributed by atoms with Crippen molar-refractivity contribution in [2.75, 3.05) is 6.26 Å². The number of rotatable bonds is 9. The number of allylic oxidation sites excluding steroid dienone is 1. The highest BCUT2D eigenvalue weighted by atomic mass is 32.2. The zero-order valence-electron chi connectivity index (χ0n) is 22.8. The zero-order chi connectivity index (χ0) is 26.6. The molecule has 0 amide bonds. The molecule has 0 aliphatic heterocycles. The summed E-state index contributed by atoms with van der Waals surface area (Å²) in [7, 11) is 0. The van der Waals surface area contributed by atoms with E-state index in [1.807, 2.05) is 69.5 Å². The van der Waals surface area contributed by atoms with E-state index in [-0.39, 0.29) is 17.6 Å². The van der Waals surface area contributed by atoms with E-state index < -0.39 is 17.2 Å². The molecule has 0 aliphatic rings. The smallest absolute Gasteiger partial charge is 0.350 e. The van der Waals surface area contributed by atoms with Crippen molar-refractivity contribution in [2.45, 2.75) is 90.2 Å². The van der Waals surface area contributed by atoms with E-state index in [9.17, 15) is 9.59 Å². The predicted octanol–water partition coefficient (Wildman–Crippen LogP) is 8.05. The Bertz CT molecular complexity index is 1040. The molecule has 190 valence electrons. The minimum atomic E-state index is -1.16. The average Bonchev–Trinajstić information content (AvgIpc) is 2.76. The third-order valence-electron chi connectivity index (χ3n) is 5.46. The van der Waals surface area contributed by atoms with Crippen LogP contribution < -0.4 is 4.74 Å². The van der Waals surface area contributed by atoms with Crippen molar-refractivity contribution in [1.82, 2.24) is 0 Å². The van der Waals surface area contributed by atoms with Crippen LogP contribution in [-0.4, -0.2) is 29.2 Å². The van der Waals surface area contributed by atoms with Crippen LogP contribution in [0.1, 0.15) is 101 Å². The van der Waals surface area contributed by atoms with Gasteiger partial charge < -0.3 is 9.47 Å². The first-order valence-corrected chi connectivity index (χ1v) is 13.3. The SMILES string of the molecule is CSc1ccc(C(=O)/C=C/c2cc(C(C)C)c(OC(C)(C)C(=O)OC(C)(C)C)c(C(C)C)c2)cc1. The van der Waals surface area contributed by atoms with Crippen LogP contribution in [0.25, 0.3) is 6.08 Å². The van der Waals surface area contributed by atoms with Gasteiger partial charge in [-0.25, -0.2) is 4.79 Å². The molecule has 0 radical (unpaired) electrons. The van der Waals surface area contributed by atoms with E-state index >= 15 is 0 Å². The standard InChI is InChI=1S/C30H40O4S/c1-19(2)24-17-21(11-16-26(31)22-12-14-23(35-10)15-13-22)18-25(20(3)4)27(24)33-30(8,9)28(32)34-29(5,6)7/h11-20H,1-10H3/b16-11+. The van der Waals surface area contributed by atoms with Gasteiger partial charge in [0.1, 0.15) is 11.4 Å².